The minimum Gasteiger partial charge on any atom is -0.354 e. The Bertz CT molecular complexity index is 824. The van der Waals surface area contributed by atoms with Gasteiger partial charge in [0.25, 0.3) is 0 Å². The third-order valence-electron chi connectivity index (χ3n) is 5.24. The van der Waals surface area contributed by atoms with Gasteiger partial charge in [-0.2, -0.15) is 0 Å². The van der Waals surface area contributed by atoms with Crippen molar-refractivity contribution in [2.24, 2.45) is 0 Å². The smallest absolute Gasteiger partial charge is 0.242 e. The molecular weight excluding hydrogens is 360 g/mol. The molecule has 0 saturated heterocycles. The first-order chi connectivity index (χ1) is 13.8. The Morgan fingerprint density at radius 2 is 1.69 bits per heavy atom. The van der Waals surface area contributed by atoms with Gasteiger partial charge in [-0.3, -0.25) is 9.59 Å². The molecule has 0 unspecified atom stereocenters. The summed E-state index contributed by atoms with van der Waals surface area (Å²) in [7, 11) is 0. The van der Waals surface area contributed by atoms with Gasteiger partial charge in [-0.1, -0.05) is 66.9 Å². The first-order valence-corrected chi connectivity index (χ1v) is 10.5. The third kappa shape index (κ3) is 6.74. The molecular formula is C25H34N2O2. The summed E-state index contributed by atoms with van der Waals surface area (Å²) in [4.78, 5) is 27.7. The number of rotatable bonds is 9. The summed E-state index contributed by atoms with van der Waals surface area (Å²) in [6, 6.07) is 13.7. The molecule has 4 heteroatoms. The zero-order chi connectivity index (χ0) is 21.4. The summed E-state index contributed by atoms with van der Waals surface area (Å²) < 4.78 is 0. The van der Waals surface area contributed by atoms with E-state index < -0.39 is 6.04 Å². The zero-order valence-electron chi connectivity index (χ0n) is 18.4. The minimum atomic E-state index is -0.523. The zero-order valence-corrected chi connectivity index (χ0v) is 18.4. The summed E-state index contributed by atoms with van der Waals surface area (Å²) in [5, 5.41) is 2.97. The molecule has 1 atom stereocenters. The monoisotopic (exact) mass is 394 g/mol. The van der Waals surface area contributed by atoms with Gasteiger partial charge in [0, 0.05) is 13.1 Å². The first-order valence-electron chi connectivity index (χ1n) is 10.5. The summed E-state index contributed by atoms with van der Waals surface area (Å²) >= 11 is 0. The molecule has 29 heavy (non-hydrogen) atoms. The van der Waals surface area contributed by atoms with E-state index in [9.17, 15) is 9.59 Å². The van der Waals surface area contributed by atoms with Gasteiger partial charge in [0.2, 0.25) is 11.8 Å². The highest BCUT2D eigenvalue weighted by Crippen LogP contribution is 2.16. The van der Waals surface area contributed by atoms with Crippen molar-refractivity contribution in [1.29, 1.82) is 0 Å². The van der Waals surface area contributed by atoms with Crippen LogP contribution in [0, 0.1) is 20.8 Å². The highest BCUT2D eigenvalue weighted by atomic mass is 16.2. The number of carbonyl (C=O) groups excluding carboxylic acids is 2. The fraction of sp³-hybridized carbons (Fsp3) is 0.440. The van der Waals surface area contributed by atoms with Crippen molar-refractivity contribution < 1.29 is 9.59 Å². The van der Waals surface area contributed by atoms with Gasteiger partial charge in [0.15, 0.2) is 0 Å². The fourth-order valence-corrected chi connectivity index (χ4v) is 3.54. The molecule has 2 rings (SSSR count). The Hall–Kier alpha value is -2.62. The molecule has 0 heterocycles. The van der Waals surface area contributed by atoms with E-state index in [4.69, 9.17) is 0 Å². The third-order valence-corrected chi connectivity index (χ3v) is 5.24. The van der Waals surface area contributed by atoms with Gasteiger partial charge in [-0.05, 0) is 50.8 Å². The number of nitrogens with one attached hydrogen (secondary N) is 1. The number of hydrogen-bond acceptors (Lipinski definition) is 2. The maximum atomic E-state index is 13.3. The summed E-state index contributed by atoms with van der Waals surface area (Å²) in [5.74, 6) is -0.128. The van der Waals surface area contributed by atoms with Gasteiger partial charge in [-0.15, -0.1) is 0 Å². The molecule has 0 aliphatic heterocycles. The van der Waals surface area contributed by atoms with Crippen molar-refractivity contribution in [3.63, 3.8) is 0 Å². The second kappa shape index (κ2) is 10.8. The predicted octanol–water partition coefficient (Wildman–Crippen LogP) is 4.49. The topological polar surface area (TPSA) is 49.4 Å². The van der Waals surface area contributed by atoms with Crippen LogP contribution in [0.3, 0.4) is 0 Å². The lowest BCUT2D eigenvalue weighted by Crippen LogP contribution is -2.48. The number of benzene rings is 2. The average molecular weight is 395 g/mol. The minimum absolute atomic E-state index is 0.0311. The van der Waals surface area contributed by atoms with E-state index in [1.165, 1.54) is 0 Å². The van der Waals surface area contributed by atoms with Crippen LogP contribution in [0.2, 0.25) is 0 Å². The maximum Gasteiger partial charge on any atom is 0.242 e. The SMILES string of the molecule is CCCCNC(=O)[C@H](C)N(Cc1ccccc1C)C(=O)Cc1cc(C)cc(C)c1. The van der Waals surface area contributed by atoms with Crippen LogP contribution in [0.25, 0.3) is 0 Å². The van der Waals surface area contributed by atoms with Crippen LogP contribution < -0.4 is 5.32 Å². The van der Waals surface area contributed by atoms with Crippen LogP contribution >= 0.6 is 0 Å². The Kier molecular flexibility index (Phi) is 8.44. The molecule has 4 nitrogen and oxygen atoms in total. The molecule has 0 fully saturated rings. The Morgan fingerprint density at radius 1 is 1.03 bits per heavy atom. The second-order valence-corrected chi connectivity index (χ2v) is 7.94. The second-order valence-electron chi connectivity index (χ2n) is 7.94. The number of carbonyl (C=O) groups is 2. The molecule has 0 spiro atoms. The van der Waals surface area contributed by atoms with Crippen LogP contribution in [0.4, 0.5) is 0 Å². The van der Waals surface area contributed by atoms with E-state index in [0.29, 0.717) is 19.5 Å². The Morgan fingerprint density at radius 3 is 2.31 bits per heavy atom. The van der Waals surface area contributed by atoms with E-state index in [0.717, 1.165) is 40.7 Å². The predicted molar refractivity (Wildman–Crippen MR) is 119 cm³/mol. The lowest BCUT2D eigenvalue weighted by atomic mass is 10.0. The van der Waals surface area contributed by atoms with Crippen LogP contribution in [0.5, 0.6) is 0 Å². The normalized spacial score (nSPS) is 11.8. The van der Waals surface area contributed by atoms with E-state index in [1.54, 1.807) is 4.90 Å². The van der Waals surface area contributed by atoms with Crippen LogP contribution in [0.1, 0.15) is 54.5 Å². The highest BCUT2D eigenvalue weighted by Gasteiger charge is 2.26. The molecule has 0 bridgehead atoms. The van der Waals surface area contributed by atoms with Crippen molar-refractivity contribution in [3.05, 3.63) is 70.3 Å². The average Bonchev–Trinajstić information content (AvgIpc) is 2.66. The Balaban J connectivity index is 2.23. The molecule has 2 aromatic rings. The molecule has 0 aliphatic rings. The molecule has 0 saturated carbocycles. The molecule has 0 radical (unpaired) electrons. The van der Waals surface area contributed by atoms with Crippen LogP contribution in [-0.4, -0.2) is 29.3 Å². The van der Waals surface area contributed by atoms with Gasteiger partial charge < -0.3 is 10.2 Å². The lowest BCUT2D eigenvalue weighted by molar-refractivity contribution is -0.140. The van der Waals surface area contributed by atoms with Gasteiger partial charge >= 0.3 is 0 Å². The number of unbranched alkanes of at least 4 members (excludes halogenated alkanes) is 1. The van der Waals surface area contributed by atoms with Crippen LogP contribution in [-0.2, 0) is 22.6 Å². The summed E-state index contributed by atoms with van der Waals surface area (Å²) in [5.41, 5.74) is 5.46. The number of nitrogens with zero attached hydrogens (tertiary/aromatic N) is 1. The van der Waals surface area contributed by atoms with Crippen molar-refractivity contribution >= 4 is 11.8 Å². The van der Waals surface area contributed by atoms with Crippen molar-refractivity contribution in [3.8, 4) is 0 Å². The summed E-state index contributed by atoms with van der Waals surface area (Å²) in [6.07, 6.45) is 2.25. The van der Waals surface area contributed by atoms with Crippen molar-refractivity contribution in [1.82, 2.24) is 10.2 Å². The fourth-order valence-electron chi connectivity index (χ4n) is 3.54. The van der Waals surface area contributed by atoms with Gasteiger partial charge in [-0.25, -0.2) is 0 Å². The quantitative estimate of drug-likeness (QED) is 0.637. The standard InChI is InChI=1S/C25H34N2O2/c1-6-7-12-26-25(29)21(5)27(17-23-11-9-8-10-20(23)4)24(28)16-22-14-18(2)13-19(3)15-22/h8-11,13-15,21H,6-7,12,16-17H2,1-5H3,(H,26,29)/t21-/m0/s1. The van der Waals surface area contributed by atoms with E-state index in [2.05, 4.69) is 18.3 Å². The number of amides is 2. The molecule has 0 aromatic heterocycles. The van der Waals surface area contributed by atoms with Crippen molar-refractivity contribution in [2.45, 2.75) is 66.5 Å². The van der Waals surface area contributed by atoms with Gasteiger partial charge in [0.1, 0.15) is 6.04 Å². The largest absolute Gasteiger partial charge is 0.354 e. The number of aryl methyl sites for hydroxylation is 3. The highest BCUT2D eigenvalue weighted by molar-refractivity contribution is 5.88. The van der Waals surface area contributed by atoms with E-state index >= 15 is 0 Å². The Labute approximate surface area is 175 Å². The van der Waals surface area contributed by atoms with Crippen molar-refractivity contribution in [2.75, 3.05) is 6.54 Å². The maximum absolute atomic E-state index is 13.3. The first kappa shape index (κ1) is 22.7. The van der Waals surface area contributed by atoms with E-state index in [-0.39, 0.29) is 11.8 Å². The molecule has 2 aromatic carbocycles. The lowest BCUT2D eigenvalue weighted by Gasteiger charge is -2.29. The molecule has 0 aliphatic carbocycles. The number of hydrogen-bond donors (Lipinski definition) is 1. The van der Waals surface area contributed by atoms with E-state index in [1.807, 2.05) is 64.1 Å². The molecule has 156 valence electrons. The summed E-state index contributed by atoms with van der Waals surface area (Å²) in [6.45, 7) is 11.1. The van der Waals surface area contributed by atoms with Gasteiger partial charge in [0.05, 0.1) is 6.42 Å². The van der Waals surface area contributed by atoms with Crippen LogP contribution in [0.15, 0.2) is 42.5 Å². The molecule has 1 N–H and O–H groups in total. The molecule has 2 amide bonds.